The molecule has 0 aromatic heterocycles. The van der Waals surface area contributed by atoms with Crippen molar-refractivity contribution in [2.24, 2.45) is 5.92 Å². The van der Waals surface area contributed by atoms with Gasteiger partial charge >= 0.3 is 0 Å². The Hall–Kier alpha value is -2.38. The van der Waals surface area contributed by atoms with E-state index in [9.17, 15) is 9.59 Å². The molecular weight excluding hydrogens is 460 g/mol. The van der Waals surface area contributed by atoms with Crippen molar-refractivity contribution < 1.29 is 19.1 Å². The number of carbonyl (C=O) groups is 2. The lowest BCUT2D eigenvalue weighted by Gasteiger charge is -2.35. The minimum Gasteiger partial charge on any atom is -0.488 e. The Morgan fingerprint density at radius 3 is 2.35 bits per heavy atom. The Labute approximate surface area is 191 Å². The lowest BCUT2D eigenvalue weighted by Crippen LogP contribution is -2.47. The summed E-state index contributed by atoms with van der Waals surface area (Å²) in [6, 6.07) is 15.2. The molecular formula is C24H27BrN2O4. The van der Waals surface area contributed by atoms with Crippen molar-refractivity contribution in [3.05, 3.63) is 64.1 Å². The Kier molecular flexibility index (Phi) is 7.25. The van der Waals surface area contributed by atoms with Gasteiger partial charge in [0.1, 0.15) is 12.4 Å². The van der Waals surface area contributed by atoms with E-state index in [-0.39, 0.29) is 17.7 Å². The number of benzene rings is 2. The third-order valence-corrected chi connectivity index (χ3v) is 6.69. The van der Waals surface area contributed by atoms with Crippen LogP contribution < -0.4 is 4.74 Å². The molecule has 0 unspecified atom stereocenters. The smallest absolute Gasteiger partial charge is 0.257 e. The molecule has 164 valence electrons. The summed E-state index contributed by atoms with van der Waals surface area (Å²) in [5.74, 6) is 0.728. The van der Waals surface area contributed by atoms with Crippen LogP contribution in [0.2, 0.25) is 0 Å². The molecule has 7 heteroatoms. The molecule has 2 saturated heterocycles. The number of para-hydroxylation sites is 1. The first kappa shape index (κ1) is 21.8. The summed E-state index contributed by atoms with van der Waals surface area (Å²) >= 11 is 3.53. The number of carbonyl (C=O) groups excluding carboxylic acids is 2. The maximum atomic E-state index is 13.2. The highest BCUT2D eigenvalue weighted by atomic mass is 79.9. The molecule has 0 saturated carbocycles. The number of amides is 2. The maximum Gasteiger partial charge on any atom is 0.257 e. The quantitative estimate of drug-likeness (QED) is 0.645. The standard InChI is InChI=1S/C24H27BrN2O4/c25-21-7-3-1-5-19(21)17-31-22-8-4-2-6-20(22)24(29)26-11-9-18(10-12-26)23(28)27-13-15-30-16-14-27/h1-8,18H,9-17H2. The van der Waals surface area contributed by atoms with E-state index in [4.69, 9.17) is 9.47 Å². The monoisotopic (exact) mass is 486 g/mol. The van der Waals surface area contributed by atoms with Crippen LogP contribution in [0.25, 0.3) is 0 Å². The molecule has 2 amide bonds. The van der Waals surface area contributed by atoms with E-state index >= 15 is 0 Å². The Morgan fingerprint density at radius 2 is 1.61 bits per heavy atom. The van der Waals surface area contributed by atoms with Crippen LogP contribution in [0, 0.1) is 5.92 Å². The van der Waals surface area contributed by atoms with Crippen molar-refractivity contribution in [1.82, 2.24) is 9.80 Å². The van der Waals surface area contributed by atoms with Gasteiger partial charge in [-0.1, -0.05) is 46.3 Å². The van der Waals surface area contributed by atoms with Crippen molar-refractivity contribution in [2.75, 3.05) is 39.4 Å². The van der Waals surface area contributed by atoms with E-state index in [2.05, 4.69) is 15.9 Å². The van der Waals surface area contributed by atoms with Gasteiger partial charge in [-0.25, -0.2) is 0 Å². The first-order valence-corrected chi connectivity index (χ1v) is 11.5. The molecule has 0 atom stereocenters. The zero-order valence-corrected chi connectivity index (χ0v) is 19.1. The maximum absolute atomic E-state index is 13.2. The van der Waals surface area contributed by atoms with Gasteiger partial charge in [-0.15, -0.1) is 0 Å². The van der Waals surface area contributed by atoms with Gasteiger partial charge in [-0.05, 0) is 31.0 Å². The number of morpholine rings is 1. The highest BCUT2D eigenvalue weighted by Crippen LogP contribution is 2.26. The molecule has 0 radical (unpaired) electrons. The molecule has 6 nitrogen and oxygen atoms in total. The topological polar surface area (TPSA) is 59.1 Å². The lowest BCUT2D eigenvalue weighted by molar-refractivity contribution is -0.141. The van der Waals surface area contributed by atoms with Crippen LogP contribution in [0.3, 0.4) is 0 Å². The normalized spacial score (nSPS) is 17.5. The second-order valence-corrected chi connectivity index (χ2v) is 8.73. The fourth-order valence-corrected chi connectivity index (χ4v) is 4.48. The molecule has 2 aliphatic rings. The Balaban J connectivity index is 1.37. The molecule has 0 aliphatic carbocycles. The summed E-state index contributed by atoms with van der Waals surface area (Å²) in [4.78, 5) is 29.7. The van der Waals surface area contributed by atoms with E-state index in [0.717, 1.165) is 10.0 Å². The van der Waals surface area contributed by atoms with Crippen molar-refractivity contribution in [1.29, 1.82) is 0 Å². The van der Waals surface area contributed by atoms with Crippen LogP contribution in [0.4, 0.5) is 0 Å². The van der Waals surface area contributed by atoms with Gasteiger partial charge in [0.25, 0.3) is 5.91 Å². The van der Waals surface area contributed by atoms with Gasteiger partial charge in [0.2, 0.25) is 5.91 Å². The van der Waals surface area contributed by atoms with Crippen molar-refractivity contribution in [3.63, 3.8) is 0 Å². The number of hydrogen-bond donors (Lipinski definition) is 0. The molecule has 0 N–H and O–H groups in total. The molecule has 4 rings (SSSR count). The second-order valence-electron chi connectivity index (χ2n) is 7.88. The molecule has 2 aromatic carbocycles. The van der Waals surface area contributed by atoms with Gasteiger partial charge in [-0.3, -0.25) is 9.59 Å². The van der Waals surface area contributed by atoms with E-state index in [0.29, 0.717) is 70.2 Å². The SMILES string of the molecule is O=C(c1ccccc1OCc1ccccc1Br)N1CCC(C(=O)N2CCOCC2)CC1. The summed E-state index contributed by atoms with van der Waals surface area (Å²) in [5.41, 5.74) is 1.58. The zero-order valence-electron chi connectivity index (χ0n) is 17.5. The number of ether oxygens (including phenoxy) is 2. The minimum absolute atomic E-state index is 0.0101. The highest BCUT2D eigenvalue weighted by molar-refractivity contribution is 9.10. The number of hydrogen-bond acceptors (Lipinski definition) is 4. The fraction of sp³-hybridized carbons (Fsp3) is 0.417. The van der Waals surface area contributed by atoms with Gasteiger partial charge in [-0.2, -0.15) is 0 Å². The van der Waals surface area contributed by atoms with Crippen LogP contribution >= 0.6 is 15.9 Å². The number of piperidine rings is 1. The lowest BCUT2D eigenvalue weighted by atomic mass is 9.94. The van der Waals surface area contributed by atoms with Gasteiger partial charge in [0.05, 0.1) is 18.8 Å². The summed E-state index contributed by atoms with van der Waals surface area (Å²) in [6.07, 6.45) is 1.39. The minimum atomic E-state index is -0.0417. The number of halogens is 1. The van der Waals surface area contributed by atoms with E-state index < -0.39 is 0 Å². The van der Waals surface area contributed by atoms with E-state index in [1.807, 2.05) is 58.3 Å². The second kappa shape index (κ2) is 10.3. The van der Waals surface area contributed by atoms with Crippen molar-refractivity contribution >= 4 is 27.7 Å². The average Bonchev–Trinajstić information content (AvgIpc) is 2.83. The van der Waals surface area contributed by atoms with Crippen LogP contribution in [-0.2, 0) is 16.1 Å². The molecule has 0 spiro atoms. The molecule has 2 heterocycles. The van der Waals surface area contributed by atoms with Crippen LogP contribution in [-0.4, -0.2) is 61.0 Å². The molecule has 2 aromatic rings. The highest BCUT2D eigenvalue weighted by Gasteiger charge is 2.31. The van der Waals surface area contributed by atoms with Crippen LogP contribution in [0.1, 0.15) is 28.8 Å². The summed E-state index contributed by atoms with van der Waals surface area (Å²) in [6.45, 7) is 4.09. The van der Waals surface area contributed by atoms with Crippen molar-refractivity contribution in [2.45, 2.75) is 19.4 Å². The molecule has 2 aliphatic heterocycles. The van der Waals surface area contributed by atoms with E-state index in [1.54, 1.807) is 0 Å². The molecule has 0 bridgehead atoms. The van der Waals surface area contributed by atoms with E-state index in [1.165, 1.54) is 0 Å². The van der Waals surface area contributed by atoms with Gasteiger partial charge in [0, 0.05) is 42.1 Å². The third-order valence-electron chi connectivity index (χ3n) is 5.91. The predicted molar refractivity (Wildman–Crippen MR) is 121 cm³/mol. The number of nitrogens with zero attached hydrogens (tertiary/aromatic N) is 2. The Bertz CT molecular complexity index is 921. The van der Waals surface area contributed by atoms with Gasteiger partial charge < -0.3 is 19.3 Å². The first-order chi connectivity index (χ1) is 15.1. The van der Waals surface area contributed by atoms with Crippen molar-refractivity contribution in [3.8, 4) is 5.75 Å². The first-order valence-electron chi connectivity index (χ1n) is 10.7. The zero-order chi connectivity index (χ0) is 21.6. The van der Waals surface area contributed by atoms with Gasteiger partial charge in [0.15, 0.2) is 0 Å². The fourth-order valence-electron chi connectivity index (χ4n) is 4.08. The number of rotatable bonds is 5. The molecule has 2 fully saturated rings. The summed E-state index contributed by atoms with van der Waals surface area (Å²) < 4.78 is 12.3. The van der Waals surface area contributed by atoms with Crippen LogP contribution in [0.15, 0.2) is 53.0 Å². The molecule has 31 heavy (non-hydrogen) atoms. The number of likely N-dealkylation sites (tertiary alicyclic amines) is 1. The third kappa shape index (κ3) is 5.28. The average molecular weight is 487 g/mol. The Morgan fingerprint density at radius 1 is 0.935 bits per heavy atom. The summed E-state index contributed by atoms with van der Waals surface area (Å²) in [7, 11) is 0. The van der Waals surface area contributed by atoms with Crippen LogP contribution in [0.5, 0.6) is 5.75 Å². The largest absolute Gasteiger partial charge is 0.488 e. The summed E-state index contributed by atoms with van der Waals surface area (Å²) in [5, 5.41) is 0. The predicted octanol–water partition coefficient (Wildman–Crippen LogP) is 3.74.